The predicted molar refractivity (Wildman–Crippen MR) is 138 cm³/mol. The zero-order valence-electron chi connectivity index (χ0n) is 20.3. The first-order chi connectivity index (χ1) is 17.8. The monoisotopic (exact) mass is 500 g/mol. The maximum atomic E-state index is 14.0. The van der Waals surface area contributed by atoms with Crippen molar-refractivity contribution in [3.63, 3.8) is 0 Å². The smallest absolute Gasteiger partial charge is 0.324 e. The highest BCUT2D eigenvalue weighted by atomic mass is 16.4. The van der Waals surface area contributed by atoms with Crippen molar-refractivity contribution in [1.29, 1.82) is 0 Å². The van der Waals surface area contributed by atoms with Gasteiger partial charge in [0.15, 0.2) is 0 Å². The second-order valence-electron chi connectivity index (χ2n) is 9.66. The van der Waals surface area contributed by atoms with Gasteiger partial charge in [0.1, 0.15) is 5.54 Å². The minimum Gasteiger partial charge on any atom is -0.480 e. The van der Waals surface area contributed by atoms with Crippen LogP contribution in [0.1, 0.15) is 30.0 Å². The summed E-state index contributed by atoms with van der Waals surface area (Å²) in [7, 11) is 0. The van der Waals surface area contributed by atoms with Crippen molar-refractivity contribution in [2.24, 2.45) is 17.6 Å². The molecule has 2 aliphatic rings. The molecule has 190 valence electrons. The molecule has 0 saturated carbocycles. The molecule has 4 amide bonds. The fraction of sp³-hybridized carbons (Fsp3) is 0.286. The minimum absolute atomic E-state index is 0.0195. The second-order valence-corrected chi connectivity index (χ2v) is 9.66. The number of carboxylic acids is 1. The van der Waals surface area contributed by atoms with Crippen LogP contribution in [0.2, 0.25) is 0 Å². The number of fused-ring (bicyclic) bond motifs is 2. The maximum Gasteiger partial charge on any atom is 0.324 e. The van der Waals surface area contributed by atoms with Crippen LogP contribution in [0.5, 0.6) is 0 Å². The lowest BCUT2D eigenvalue weighted by atomic mass is 9.76. The molecule has 4 atom stereocenters. The number of urea groups is 1. The van der Waals surface area contributed by atoms with Crippen molar-refractivity contribution in [3.05, 3.63) is 77.9 Å². The number of hydrogen-bond acceptors (Lipinski definition) is 5. The van der Waals surface area contributed by atoms with Crippen LogP contribution in [-0.2, 0) is 14.4 Å². The Morgan fingerprint density at radius 1 is 1.03 bits per heavy atom. The summed E-state index contributed by atoms with van der Waals surface area (Å²) in [5, 5.41) is 18.1. The minimum atomic E-state index is -1.71. The Bertz CT molecular complexity index is 1420. The number of nitrogens with zero attached hydrogens (tertiary/aromatic N) is 1. The number of aliphatic carboxylic acids is 1. The molecule has 3 aromatic rings. The van der Waals surface area contributed by atoms with Crippen LogP contribution >= 0.6 is 0 Å². The Morgan fingerprint density at radius 3 is 2.46 bits per heavy atom. The molecule has 2 fully saturated rings. The predicted octanol–water partition coefficient (Wildman–Crippen LogP) is 2.87. The van der Waals surface area contributed by atoms with E-state index in [1.54, 1.807) is 12.1 Å². The van der Waals surface area contributed by atoms with Crippen molar-refractivity contribution in [2.45, 2.75) is 31.3 Å². The molecule has 2 heterocycles. The number of carbonyl (C=O) groups is 4. The Hall–Kier alpha value is -4.24. The molecule has 0 radical (unpaired) electrons. The number of carbonyl (C=O) groups excluding carboxylic acids is 3. The number of hydrogen-bond donors (Lipinski definition) is 4. The van der Waals surface area contributed by atoms with E-state index in [-0.39, 0.29) is 19.4 Å². The van der Waals surface area contributed by atoms with E-state index in [0.29, 0.717) is 5.69 Å². The van der Waals surface area contributed by atoms with Crippen molar-refractivity contribution >= 4 is 40.3 Å². The van der Waals surface area contributed by atoms with E-state index in [1.807, 2.05) is 61.5 Å². The van der Waals surface area contributed by atoms with Gasteiger partial charge in [0.2, 0.25) is 11.8 Å². The molecule has 9 nitrogen and oxygen atoms in total. The topological polar surface area (TPSA) is 142 Å². The molecule has 2 aliphatic heterocycles. The van der Waals surface area contributed by atoms with Gasteiger partial charge in [-0.3, -0.25) is 19.7 Å². The van der Waals surface area contributed by atoms with Gasteiger partial charge in [-0.2, -0.15) is 0 Å². The number of primary amides is 1. The summed E-state index contributed by atoms with van der Waals surface area (Å²) in [4.78, 5) is 53.2. The highest BCUT2D eigenvalue weighted by Crippen LogP contribution is 2.52. The molecule has 4 unspecified atom stereocenters. The third-order valence-electron chi connectivity index (χ3n) is 7.60. The van der Waals surface area contributed by atoms with Gasteiger partial charge in [-0.05, 0) is 47.7 Å². The summed E-state index contributed by atoms with van der Waals surface area (Å²) < 4.78 is 0. The van der Waals surface area contributed by atoms with E-state index in [2.05, 4.69) is 10.6 Å². The van der Waals surface area contributed by atoms with E-state index in [9.17, 15) is 24.3 Å². The Morgan fingerprint density at radius 2 is 1.73 bits per heavy atom. The van der Waals surface area contributed by atoms with Gasteiger partial charge in [0.25, 0.3) is 0 Å². The number of amides is 4. The van der Waals surface area contributed by atoms with E-state index < -0.39 is 47.2 Å². The lowest BCUT2D eigenvalue weighted by molar-refractivity contribution is -0.149. The first-order valence-electron chi connectivity index (χ1n) is 12.2. The SMILES string of the molecule is Cc1ccccc1N1C(=O)C2C(c3cccc4ccccc34)NC(CCCNC(N)=O)(C(=O)O)C2C1=O. The average Bonchev–Trinajstić information content (AvgIpc) is 3.36. The number of benzene rings is 3. The van der Waals surface area contributed by atoms with Crippen LogP contribution in [0, 0.1) is 18.8 Å². The molecule has 3 aromatic carbocycles. The van der Waals surface area contributed by atoms with Crippen LogP contribution in [-0.4, -0.2) is 41.0 Å². The third kappa shape index (κ3) is 3.92. The standard InChI is InChI=1S/C28H28N4O5/c1-16-8-2-5-13-20(16)32-24(33)21-22(25(32)34)28(26(35)36,14-7-15-30-27(29)37)31-23(21)19-12-6-10-17-9-3-4-11-18(17)19/h2-6,8-13,21-23,31H,7,14-15H2,1H3,(H,35,36)(H3,29,30,37). The molecule has 0 aromatic heterocycles. The Kier molecular flexibility index (Phi) is 6.16. The molecule has 0 bridgehead atoms. The number of anilines is 1. The van der Waals surface area contributed by atoms with Gasteiger partial charge < -0.3 is 16.2 Å². The van der Waals surface area contributed by atoms with Crippen LogP contribution in [0.15, 0.2) is 66.7 Å². The lowest BCUT2D eigenvalue weighted by Crippen LogP contribution is -2.56. The summed E-state index contributed by atoms with van der Waals surface area (Å²) >= 11 is 0. The number of aryl methyl sites for hydroxylation is 1. The van der Waals surface area contributed by atoms with Crippen molar-refractivity contribution in [3.8, 4) is 0 Å². The van der Waals surface area contributed by atoms with Gasteiger partial charge in [0.05, 0.1) is 17.5 Å². The fourth-order valence-electron chi connectivity index (χ4n) is 5.96. The summed E-state index contributed by atoms with van der Waals surface area (Å²) in [5.74, 6) is -4.22. The first-order valence-corrected chi connectivity index (χ1v) is 12.2. The van der Waals surface area contributed by atoms with Gasteiger partial charge in [-0.15, -0.1) is 0 Å². The van der Waals surface area contributed by atoms with Crippen LogP contribution in [0.25, 0.3) is 10.8 Å². The summed E-state index contributed by atoms with van der Waals surface area (Å²) in [6, 6.07) is 19.0. The van der Waals surface area contributed by atoms with Crippen molar-refractivity contribution in [2.75, 3.05) is 11.4 Å². The fourth-order valence-corrected chi connectivity index (χ4v) is 5.96. The molecule has 0 aliphatic carbocycles. The average molecular weight is 501 g/mol. The van der Waals surface area contributed by atoms with Gasteiger partial charge in [0, 0.05) is 12.6 Å². The largest absolute Gasteiger partial charge is 0.480 e. The van der Waals surface area contributed by atoms with Gasteiger partial charge >= 0.3 is 12.0 Å². The van der Waals surface area contributed by atoms with Crippen LogP contribution in [0.4, 0.5) is 10.5 Å². The molecule has 2 saturated heterocycles. The van der Waals surface area contributed by atoms with Crippen LogP contribution < -0.4 is 21.3 Å². The highest BCUT2D eigenvalue weighted by Gasteiger charge is 2.68. The second kappa shape index (κ2) is 9.33. The summed E-state index contributed by atoms with van der Waals surface area (Å²) in [5.41, 5.74) is 5.41. The number of rotatable bonds is 7. The van der Waals surface area contributed by atoms with E-state index >= 15 is 0 Å². The zero-order chi connectivity index (χ0) is 26.3. The number of carboxylic acid groups (broad SMARTS) is 1. The van der Waals surface area contributed by atoms with Gasteiger partial charge in [-0.1, -0.05) is 60.7 Å². The van der Waals surface area contributed by atoms with Crippen LogP contribution in [0.3, 0.4) is 0 Å². The molecule has 0 spiro atoms. The summed E-state index contributed by atoms with van der Waals surface area (Å²) in [6.45, 7) is 1.95. The van der Waals surface area contributed by atoms with E-state index in [4.69, 9.17) is 5.73 Å². The van der Waals surface area contributed by atoms with E-state index in [1.165, 1.54) is 0 Å². The maximum absolute atomic E-state index is 14.0. The molecule has 9 heteroatoms. The Balaban J connectivity index is 1.64. The van der Waals surface area contributed by atoms with Crippen molar-refractivity contribution in [1.82, 2.24) is 10.6 Å². The number of nitrogens with two attached hydrogens (primary N) is 1. The zero-order valence-corrected chi connectivity index (χ0v) is 20.3. The van der Waals surface area contributed by atoms with E-state index in [0.717, 1.165) is 26.8 Å². The first kappa shape index (κ1) is 24.5. The molecule has 5 rings (SSSR count). The molecular formula is C28H28N4O5. The number of imide groups is 1. The quantitative estimate of drug-likeness (QED) is 0.290. The normalized spacial score (nSPS) is 24.9. The highest BCUT2D eigenvalue weighted by molar-refractivity contribution is 6.24. The van der Waals surface area contributed by atoms with Gasteiger partial charge in [-0.25, -0.2) is 9.69 Å². The summed E-state index contributed by atoms with van der Waals surface area (Å²) in [6.07, 6.45) is 0.269. The molecule has 5 N–H and O–H groups in total. The lowest BCUT2D eigenvalue weighted by Gasteiger charge is -2.31. The molecule has 37 heavy (non-hydrogen) atoms. The van der Waals surface area contributed by atoms with Crippen molar-refractivity contribution < 1.29 is 24.3 Å². The molecular weight excluding hydrogens is 472 g/mol. The number of nitrogens with one attached hydrogen (secondary N) is 2. The Labute approximate surface area is 213 Å². The number of para-hydroxylation sites is 1. The third-order valence-corrected chi connectivity index (χ3v) is 7.60.